The van der Waals surface area contributed by atoms with Gasteiger partial charge in [0.2, 0.25) is 0 Å². The highest BCUT2D eigenvalue weighted by atomic mass is 16.5. The van der Waals surface area contributed by atoms with E-state index in [2.05, 4.69) is 11.8 Å². The Morgan fingerprint density at radius 1 is 1.17 bits per heavy atom. The molecule has 0 amide bonds. The van der Waals surface area contributed by atoms with Crippen molar-refractivity contribution in [1.29, 1.82) is 0 Å². The van der Waals surface area contributed by atoms with Gasteiger partial charge in [0.1, 0.15) is 11.7 Å². The highest BCUT2D eigenvalue weighted by molar-refractivity contribution is 6.12. The predicted octanol–water partition coefficient (Wildman–Crippen LogP) is 3.50. The minimum absolute atomic E-state index is 0.0526. The van der Waals surface area contributed by atoms with Crippen molar-refractivity contribution in [3.05, 3.63) is 29.3 Å². The zero-order chi connectivity index (χ0) is 16.4. The molecule has 2 bridgehead atoms. The third-order valence-electron chi connectivity index (χ3n) is 4.86. The molecule has 2 atom stereocenters. The van der Waals surface area contributed by atoms with Crippen LogP contribution in [-0.2, 0) is 9.59 Å². The van der Waals surface area contributed by atoms with Gasteiger partial charge in [-0.2, -0.15) is 0 Å². The molecule has 3 heteroatoms. The van der Waals surface area contributed by atoms with E-state index in [-0.39, 0.29) is 23.4 Å². The Hall–Kier alpha value is -2.08. The zero-order valence-electron chi connectivity index (χ0n) is 13.7. The van der Waals surface area contributed by atoms with Crippen molar-refractivity contribution in [1.82, 2.24) is 0 Å². The summed E-state index contributed by atoms with van der Waals surface area (Å²) in [5.41, 5.74) is 1.58. The van der Waals surface area contributed by atoms with E-state index in [1.54, 1.807) is 6.92 Å². The molecule has 2 aliphatic carbocycles. The van der Waals surface area contributed by atoms with Crippen LogP contribution in [0.4, 0.5) is 0 Å². The summed E-state index contributed by atoms with van der Waals surface area (Å²) in [5, 5.41) is 0. The van der Waals surface area contributed by atoms with Crippen molar-refractivity contribution < 1.29 is 14.3 Å². The molecule has 1 aromatic rings. The van der Waals surface area contributed by atoms with Crippen LogP contribution in [0.15, 0.2) is 18.2 Å². The van der Waals surface area contributed by atoms with Crippen LogP contribution in [0.25, 0.3) is 0 Å². The van der Waals surface area contributed by atoms with Gasteiger partial charge in [0, 0.05) is 23.0 Å². The second-order valence-electron chi connectivity index (χ2n) is 6.42. The Labute approximate surface area is 137 Å². The molecule has 2 saturated carbocycles. The largest absolute Gasteiger partial charge is 0.493 e. The Kier molecular flexibility index (Phi) is 4.52. The lowest BCUT2D eigenvalue weighted by Gasteiger charge is -2.27. The summed E-state index contributed by atoms with van der Waals surface area (Å²) in [4.78, 5) is 25.5. The minimum atomic E-state index is -0.642. The zero-order valence-corrected chi connectivity index (χ0v) is 13.7. The number of carbonyl (C=O) groups excluding carboxylic acids is 2. The Balaban J connectivity index is 2.01. The Morgan fingerprint density at radius 3 is 2.48 bits per heavy atom. The van der Waals surface area contributed by atoms with E-state index in [1.807, 2.05) is 25.1 Å². The van der Waals surface area contributed by atoms with Gasteiger partial charge in [-0.05, 0) is 44.7 Å². The molecule has 1 aromatic carbocycles. The first-order chi connectivity index (χ1) is 11.2. The van der Waals surface area contributed by atoms with Crippen molar-refractivity contribution in [2.75, 3.05) is 6.61 Å². The smallest absolute Gasteiger partial charge is 0.150 e. The molecular weight excluding hydrogens is 288 g/mol. The van der Waals surface area contributed by atoms with E-state index in [0.717, 1.165) is 36.8 Å². The second kappa shape index (κ2) is 6.58. The van der Waals surface area contributed by atoms with Crippen LogP contribution in [0.1, 0.15) is 56.6 Å². The maximum absolute atomic E-state index is 12.7. The van der Waals surface area contributed by atoms with Gasteiger partial charge in [0.05, 0.1) is 6.61 Å². The summed E-state index contributed by atoms with van der Waals surface area (Å²) in [6.07, 6.45) is 3.34. The molecule has 3 rings (SSSR count). The fourth-order valence-corrected chi connectivity index (χ4v) is 3.75. The van der Waals surface area contributed by atoms with Gasteiger partial charge >= 0.3 is 0 Å². The third-order valence-corrected chi connectivity index (χ3v) is 4.86. The van der Waals surface area contributed by atoms with E-state index < -0.39 is 5.92 Å². The predicted molar refractivity (Wildman–Crippen MR) is 88.4 cm³/mol. The van der Waals surface area contributed by atoms with E-state index >= 15 is 0 Å². The summed E-state index contributed by atoms with van der Waals surface area (Å²) >= 11 is 0. The Morgan fingerprint density at radius 2 is 1.87 bits per heavy atom. The number of ether oxygens (including phenoxy) is 1. The van der Waals surface area contributed by atoms with Gasteiger partial charge in [-0.15, -0.1) is 5.92 Å². The SMILES string of the molecule is CC#Cc1ccc(C2C(=O)C3CCC(C3)C2=O)c(OCCC)c1. The first kappa shape index (κ1) is 15.8. The normalized spacial score (nSPS) is 25.9. The summed E-state index contributed by atoms with van der Waals surface area (Å²) in [7, 11) is 0. The molecule has 120 valence electrons. The van der Waals surface area contributed by atoms with Crippen molar-refractivity contribution >= 4 is 11.6 Å². The quantitative estimate of drug-likeness (QED) is 0.631. The molecular formula is C20H22O3. The van der Waals surface area contributed by atoms with Gasteiger partial charge < -0.3 is 4.74 Å². The highest BCUT2D eigenvalue weighted by Gasteiger charge is 2.48. The molecule has 0 N–H and O–H groups in total. The maximum Gasteiger partial charge on any atom is 0.150 e. The number of ketones is 2. The summed E-state index contributed by atoms with van der Waals surface area (Å²) in [6, 6.07) is 5.59. The molecule has 2 unspecified atom stereocenters. The number of Topliss-reactive ketones (excluding diaryl/α,β-unsaturated/α-hetero) is 2. The van der Waals surface area contributed by atoms with Gasteiger partial charge in [-0.25, -0.2) is 0 Å². The third kappa shape index (κ3) is 2.91. The van der Waals surface area contributed by atoms with Crippen molar-refractivity contribution in [2.24, 2.45) is 11.8 Å². The molecule has 0 aromatic heterocycles. The van der Waals surface area contributed by atoms with Crippen molar-refractivity contribution in [3.63, 3.8) is 0 Å². The second-order valence-corrected chi connectivity index (χ2v) is 6.42. The lowest BCUT2D eigenvalue weighted by atomic mass is 9.75. The lowest BCUT2D eigenvalue weighted by molar-refractivity contribution is -0.136. The van der Waals surface area contributed by atoms with Crippen LogP contribution in [0.2, 0.25) is 0 Å². The lowest BCUT2D eigenvalue weighted by Crippen LogP contribution is -2.35. The molecule has 2 fully saturated rings. The van der Waals surface area contributed by atoms with E-state index in [0.29, 0.717) is 12.4 Å². The molecule has 2 aliphatic rings. The summed E-state index contributed by atoms with van der Waals surface area (Å²) in [6.45, 7) is 4.39. The van der Waals surface area contributed by atoms with E-state index in [1.165, 1.54) is 0 Å². The van der Waals surface area contributed by atoms with Crippen molar-refractivity contribution in [2.45, 2.75) is 45.4 Å². The first-order valence-corrected chi connectivity index (χ1v) is 8.42. The number of fused-ring (bicyclic) bond motifs is 2. The van der Waals surface area contributed by atoms with E-state index in [4.69, 9.17) is 4.74 Å². The number of hydrogen-bond acceptors (Lipinski definition) is 3. The number of hydrogen-bond donors (Lipinski definition) is 0. The van der Waals surface area contributed by atoms with Gasteiger partial charge in [-0.3, -0.25) is 9.59 Å². The van der Waals surface area contributed by atoms with E-state index in [9.17, 15) is 9.59 Å². The highest BCUT2D eigenvalue weighted by Crippen LogP contribution is 2.45. The first-order valence-electron chi connectivity index (χ1n) is 8.42. The fourth-order valence-electron chi connectivity index (χ4n) is 3.75. The van der Waals surface area contributed by atoms with Gasteiger partial charge in [0.15, 0.2) is 11.6 Å². The summed E-state index contributed by atoms with van der Waals surface area (Å²) in [5.74, 6) is 6.14. The van der Waals surface area contributed by atoms with Crippen LogP contribution in [-0.4, -0.2) is 18.2 Å². The average molecular weight is 310 g/mol. The van der Waals surface area contributed by atoms with Crippen LogP contribution >= 0.6 is 0 Å². The monoisotopic (exact) mass is 310 g/mol. The average Bonchev–Trinajstić information content (AvgIpc) is 3.00. The molecule has 3 nitrogen and oxygen atoms in total. The van der Waals surface area contributed by atoms with Gasteiger partial charge in [0.25, 0.3) is 0 Å². The van der Waals surface area contributed by atoms with Crippen LogP contribution in [0, 0.1) is 23.7 Å². The Bertz CT molecular complexity index is 671. The molecule has 0 spiro atoms. The molecule has 0 saturated heterocycles. The minimum Gasteiger partial charge on any atom is -0.493 e. The molecule has 0 heterocycles. The van der Waals surface area contributed by atoms with Gasteiger partial charge in [-0.1, -0.05) is 18.9 Å². The molecule has 0 aliphatic heterocycles. The van der Waals surface area contributed by atoms with Crippen LogP contribution in [0.3, 0.4) is 0 Å². The summed E-state index contributed by atoms with van der Waals surface area (Å²) < 4.78 is 5.84. The van der Waals surface area contributed by atoms with Crippen LogP contribution < -0.4 is 4.74 Å². The maximum atomic E-state index is 12.7. The van der Waals surface area contributed by atoms with Crippen LogP contribution in [0.5, 0.6) is 5.75 Å². The molecule has 0 radical (unpaired) electrons. The fraction of sp³-hybridized carbons (Fsp3) is 0.500. The standard InChI is InChI=1S/C20H22O3/c1-3-5-13-6-9-16(17(11-13)23-10-4-2)18-19(21)14-7-8-15(12-14)20(18)22/h6,9,11,14-15,18H,4,7-8,10,12H2,1-2H3. The topological polar surface area (TPSA) is 43.4 Å². The number of benzene rings is 1. The molecule has 23 heavy (non-hydrogen) atoms. The number of rotatable bonds is 4. The van der Waals surface area contributed by atoms with Crippen molar-refractivity contribution in [3.8, 4) is 17.6 Å². The number of carbonyl (C=O) groups is 2.